The minimum absolute atomic E-state index is 0.161. The average molecular weight is 319 g/mol. The molecule has 1 amide bonds. The third-order valence-electron chi connectivity index (χ3n) is 4.94. The smallest absolute Gasteiger partial charge is 0.231 e. The molecule has 0 saturated carbocycles. The van der Waals surface area contributed by atoms with E-state index in [-0.39, 0.29) is 5.91 Å². The molecule has 0 unspecified atom stereocenters. The second-order valence-electron chi connectivity index (χ2n) is 6.50. The lowest BCUT2D eigenvalue weighted by molar-refractivity contribution is -0.118. The molecule has 2 heterocycles. The predicted molar refractivity (Wildman–Crippen MR) is 96.3 cm³/mol. The third kappa shape index (κ3) is 2.48. The number of para-hydroxylation sites is 1. The lowest BCUT2D eigenvalue weighted by Gasteiger charge is -2.29. The van der Waals surface area contributed by atoms with Crippen LogP contribution in [0.25, 0.3) is 11.0 Å². The van der Waals surface area contributed by atoms with Gasteiger partial charge < -0.3 is 9.47 Å². The zero-order valence-electron chi connectivity index (χ0n) is 14.1. The molecule has 0 bridgehead atoms. The van der Waals surface area contributed by atoms with E-state index in [0.717, 1.165) is 47.5 Å². The second kappa shape index (κ2) is 5.78. The number of carbonyl (C=O) groups is 1. The Morgan fingerprint density at radius 1 is 1.21 bits per heavy atom. The van der Waals surface area contributed by atoms with Gasteiger partial charge in [0.05, 0.1) is 17.5 Å². The van der Waals surface area contributed by atoms with Crippen LogP contribution in [0.2, 0.25) is 0 Å². The van der Waals surface area contributed by atoms with E-state index < -0.39 is 0 Å². The van der Waals surface area contributed by atoms with Gasteiger partial charge >= 0.3 is 0 Å². The van der Waals surface area contributed by atoms with Crippen LogP contribution in [0.5, 0.6) is 0 Å². The van der Waals surface area contributed by atoms with Crippen LogP contribution in [-0.2, 0) is 24.7 Å². The van der Waals surface area contributed by atoms with Gasteiger partial charge in [-0.3, -0.25) is 4.79 Å². The number of fused-ring (bicyclic) bond motifs is 2. The first kappa shape index (κ1) is 14.9. The minimum Gasteiger partial charge on any atom is -0.331 e. The number of amides is 1. The summed E-state index contributed by atoms with van der Waals surface area (Å²) in [5.74, 6) is 1.15. The van der Waals surface area contributed by atoms with Crippen LogP contribution < -0.4 is 4.90 Å². The van der Waals surface area contributed by atoms with E-state index in [1.165, 1.54) is 5.56 Å². The van der Waals surface area contributed by atoms with Crippen molar-refractivity contribution in [1.82, 2.24) is 9.55 Å². The molecule has 0 radical (unpaired) electrons. The molecule has 122 valence electrons. The Hall–Kier alpha value is -2.62. The van der Waals surface area contributed by atoms with E-state index in [0.29, 0.717) is 6.42 Å². The van der Waals surface area contributed by atoms with Crippen molar-refractivity contribution in [2.24, 2.45) is 7.05 Å². The first-order valence-corrected chi connectivity index (χ1v) is 8.44. The van der Waals surface area contributed by atoms with Gasteiger partial charge in [-0.15, -0.1) is 0 Å². The Labute approximate surface area is 141 Å². The molecule has 24 heavy (non-hydrogen) atoms. The van der Waals surface area contributed by atoms with Crippen molar-refractivity contribution in [3.63, 3.8) is 0 Å². The summed E-state index contributed by atoms with van der Waals surface area (Å²) in [6.45, 7) is 2.80. The summed E-state index contributed by atoms with van der Waals surface area (Å²) in [6.07, 6.45) is 2.50. The van der Waals surface area contributed by atoms with Crippen molar-refractivity contribution < 1.29 is 4.79 Å². The topological polar surface area (TPSA) is 38.1 Å². The second-order valence-corrected chi connectivity index (χ2v) is 6.50. The molecule has 0 aliphatic carbocycles. The Kier molecular flexibility index (Phi) is 3.60. The van der Waals surface area contributed by atoms with Gasteiger partial charge in [0.15, 0.2) is 0 Å². The number of hydrogen-bond donors (Lipinski definition) is 0. The van der Waals surface area contributed by atoms with Crippen LogP contribution in [-0.4, -0.2) is 22.0 Å². The standard InChI is InChI=1S/C20H21N3O/c1-14-21-17-12-15(9-10-19(17)22(14)2)13-20(24)23-11-5-7-16-6-3-4-8-18(16)23/h3-4,6,8-10,12H,5,7,11,13H2,1-2H3. The van der Waals surface area contributed by atoms with Crippen molar-refractivity contribution in [2.75, 3.05) is 11.4 Å². The number of anilines is 1. The predicted octanol–water partition coefficient (Wildman–Crippen LogP) is 3.40. The first-order chi connectivity index (χ1) is 11.6. The van der Waals surface area contributed by atoms with E-state index in [2.05, 4.69) is 27.8 Å². The maximum Gasteiger partial charge on any atom is 0.231 e. The summed E-state index contributed by atoms with van der Waals surface area (Å²) >= 11 is 0. The lowest BCUT2D eigenvalue weighted by atomic mass is 10.0. The van der Waals surface area contributed by atoms with Crippen molar-refractivity contribution in [2.45, 2.75) is 26.2 Å². The molecule has 0 spiro atoms. The normalized spacial score (nSPS) is 14.0. The number of benzene rings is 2. The van der Waals surface area contributed by atoms with Gasteiger partial charge in [-0.1, -0.05) is 24.3 Å². The number of rotatable bonds is 2. The molecule has 0 N–H and O–H groups in total. The molecule has 1 aromatic heterocycles. The maximum absolute atomic E-state index is 12.8. The van der Waals surface area contributed by atoms with Crippen LogP contribution in [0, 0.1) is 6.92 Å². The quantitative estimate of drug-likeness (QED) is 0.726. The molecule has 0 saturated heterocycles. The molecule has 2 aromatic carbocycles. The fraction of sp³-hybridized carbons (Fsp3) is 0.300. The number of imidazole rings is 1. The molecule has 0 fully saturated rings. The Morgan fingerprint density at radius 2 is 2.04 bits per heavy atom. The highest BCUT2D eigenvalue weighted by atomic mass is 16.2. The Balaban J connectivity index is 1.61. The van der Waals surface area contributed by atoms with Crippen LogP contribution >= 0.6 is 0 Å². The van der Waals surface area contributed by atoms with Gasteiger partial charge in [-0.25, -0.2) is 4.98 Å². The van der Waals surface area contributed by atoms with Crippen molar-refractivity contribution >= 4 is 22.6 Å². The molecule has 1 aliphatic rings. The van der Waals surface area contributed by atoms with Crippen LogP contribution in [0.15, 0.2) is 42.5 Å². The third-order valence-corrected chi connectivity index (χ3v) is 4.94. The average Bonchev–Trinajstić information content (AvgIpc) is 2.88. The number of aromatic nitrogens is 2. The van der Waals surface area contributed by atoms with E-state index in [4.69, 9.17) is 0 Å². The van der Waals surface area contributed by atoms with E-state index >= 15 is 0 Å². The van der Waals surface area contributed by atoms with Crippen LogP contribution in [0.4, 0.5) is 5.69 Å². The number of carbonyl (C=O) groups excluding carboxylic acids is 1. The maximum atomic E-state index is 12.8. The van der Waals surface area contributed by atoms with Crippen molar-refractivity contribution in [1.29, 1.82) is 0 Å². The van der Waals surface area contributed by atoms with Gasteiger partial charge in [0.1, 0.15) is 5.82 Å². The number of hydrogen-bond acceptors (Lipinski definition) is 2. The SMILES string of the molecule is Cc1nc2cc(CC(=O)N3CCCc4ccccc43)ccc2n1C. The van der Waals surface area contributed by atoms with Crippen LogP contribution in [0.3, 0.4) is 0 Å². The van der Waals surface area contributed by atoms with Gasteiger partial charge in [-0.05, 0) is 49.1 Å². The Bertz CT molecular complexity index is 926. The lowest BCUT2D eigenvalue weighted by Crippen LogP contribution is -2.36. The Morgan fingerprint density at radius 3 is 2.92 bits per heavy atom. The summed E-state index contributed by atoms with van der Waals surface area (Å²) in [5.41, 5.74) is 5.43. The summed E-state index contributed by atoms with van der Waals surface area (Å²) in [6, 6.07) is 14.4. The fourth-order valence-corrected chi connectivity index (χ4v) is 3.54. The van der Waals surface area contributed by atoms with Gasteiger partial charge in [0.25, 0.3) is 0 Å². The number of aryl methyl sites for hydroxylation is 3. The summed E-state index contributed by atoms with van der Waals surface area (Å²) in [5, 5.41) is 0. The van der Waals surface area contributed by atoms with Crippen LogP contribution in [0.1, 0.15) is 23.4 Å². The first-order valence-electron chi connectivity index (χ1n) is 8.44. The molecule has 0 atom stereocenters. The molecule has 4 heteroatoms. The molecular formula is C20H21N3O. The largest absolute Gasteiger partial charge is 0.331 e. The molecule has 4 rings (SSSR count). The number of nitrogens with zero attached hydrogens (tertiary/aromatic N) is 3. The van der Waals surface area contributed by atoms with E-state index in [9.17, 15) is 4.79 Å². The summed E-state index contributed by atoms with van der Waals surface area (Å²) in [7, 11) is 2.01. The van der Waals surface area contributed by atoms with Gasteiger partial charge in [0, 0.05) is 19.3 Å². The van der Waals surface area contributed by atoms with E-state index in [1.807, 2.05) is 43.1 Å². The zero-order chi connectivity index (χ0) is 16.7. The van der Waals surface area contributed by atoms with E-state index in [1.54, 1.807) is 0 Å². The minimum atomic E-state index is 0.161. The van der Waals surface area contributed by atoms with Gasteiger partial charge in [0.2, 0.25) is 5.91 Å². The zero-order valence-corrected chi connectivity index (χ0v) is 14.1. The highest BCUT2D eigenvalue weighted by Crippen LogP contribution is 2.27. The molecular weight excluding hydrogens is 298 g/mol. The van der Waals surface area contributed by atoms with Crippen molar-refractivity contribution in [3.05, 3.63) is 59.4 Å². The summed E-state index contributed by atoms with van der Waals surface area (Å²) < 4.78 is 2.07. The monoisotopic (exact) mass is 319 g/mol. The molecule has 3 aromatic rings. The fourth-order valence-electron chi connectivity index (χ4n) is 3.54. The summed E-state index contributed by atoms with van der Waals surface area (Å²) in [4.78, 5) is 19.3. The highest BCUT2D eigenvalue weighted by Gasteiger charge is 2.22. The molecule has 1 aliphatic heterocycles. The van der Waals surface area contributed by atoms with Crippen molar-refractivity contribution in [3.8, 4) is 0 Å². The molecule has 4 nitrogen and oxygen atoms in total. The highest BCUT2D eigenvalue weighted by molar-refractivity contribution is 5.96. The van der Waals surface area contributed by atoms with Gasteiger partial charge in [-0.2, -0.15) is 0 Å².